The van der Waals surface area contributed by atoms with Crippen LogP contribution in [0.4, 0.5) is 10.5 Å². The van der Waals surface area contributed by atoms with Crippen molar-refractivity contribution in [2.24, 2.45) is 5.92 Å². The number of rotatable bonds is 7. The van der Waals surface area contributed by atoms with E-state index in [1.807, 2.05) is 34.1 Å². The first-order chi connectivity index (χ1) is 18.6. The molecule has 2 aromatic carbocycles. The lowest BCUT2D eigenvalue weighted by Gasteiger charge is -2.44. The minimum Gasteiger partial charge on any atom is -0.493 e. The Morgan fingerprint density at radius 1 is 0.895 bits per heavy atom. The zero-order valence-corrected chi connectivity index (χ0v) is 22.5. The molecule has 0 N–H and O–H groups in total. The van der Waals surface area contributed by atoms with Gasteiger partial charge in [0.25, 0.3) is 0 Å². The molecule has 5 rings (SSSR count). The zero-order valence-electron chi connectivity index (χ0n) is 22.5. The largest absolute Gasteiger partial charge is 0.493 e. The van der Waals surface area contributed by atoms with Gasteiger partial charge in [-0.3, -0.25) is 4.79 Å². The second kappa shape index (κ2) is 12.0. The summed E-state index contributed by atoms with van der Waals surface area (Å²) in [6.45, 7) is 3.05. The van der Waals surface area contributed by atoms with E-state index in [1.165, 1.54) is 25.5 Å². The Morgan fingerprint density at radius 3 is 2.42 bits per heavy atom. The van der Waals surface area contributed by atoms with Gasteiger partial charge in [-0.05, 0) is 56.2 Å². The maximum Gasteiger partial charge on any atom is 0.320 e. The standard InChI is InChI=1S/C30H39N3O5/c1-36-27-13-12-24(19-28(27)38-26-10-6-7-11-26)31-16-17-33(25(21-31)18-22-8-4-3-5-9-22)30(35)32-15-14-23(20-32)29(34)37-2/h3-5,8-9,12-13,19,23,25-26H,6-7,10-11,14-18,20-21H2,1-2H3/t23?,25-/m0/s1. The molecule has 3 aliphatic rings. The maximum atomic E-state index is 13.7. The summed E-state index contributed by atoms with van der Waals surface area (Å²) in [4.78, 5) is 31.9. The number of hydrogen-bond donors (Lipinski definition) is 0. The fraction of sp³-hybridized carbons (Fsp3) is 0.533. The van der Waals surface area contributed by atoms with Crippen molar-refractivity contribution in [1.29, 1.82) is 0 Å². The topological polar surface area (TPSA) is 71.6 Å². The van der Waals surface area contributed by atoms with Crippen molar-refractivity contribution < 1.29 is 23.8 Å². The number of benzene rings is 2. The molecule has 2 aromatic rings. The van der Waals surface area contributed by atoms with Gasteiger partial charge in [-0.25, -0.2) is 4.79 Å². The van der Waals surface area contributed by atoms with Crippen LogP contribution in [-0.4, -0.2) is 80.9 Å². The van der Waals surface area contributed by atoms with Crippen molar-refractivity contribution in [2.45, 2.75) is 50.7 Å². The van der Waals surface area contributed by atoms with E-state index in [2.05, 4.69) is 29.2 Å². The Morgan fingerprint density at radius 2 is 1.68 bits per heavy atom. The Hall–Kier alpha value is -3.42. The van der Waals surface area contributed by atoms with E-state index < -0.39 is 0 Å². The van der Waals surface area contributed by atoms with Gasteiger partial charge in [0.1, 0.15) is 0 Å². The molecule has 2 aliphatic heterocycles. The number of piperazine rings is 1. The van der Waals surface area contributed by atoms with Crippen molar-refractivity contribution in [1.82, 2.24) is 9.80 Å². The van der Waals surface area contributed by atoms with Crippen LogP contribution in [0.2, 0.25) is 0 Å². The van der Waals surface area contributed by atoms with Crippen LogP contribution >= 0.6 is 0 Å². The van der Waals surface area contributed by atoms with Gasteiger partial charge in [-0.1, -0.05) is 30.3 Å². The van der Waals surface area contributed by atoms with Gasteiger partial charge in [-0.2, -0.15) is 0 Å². The highest BCUT2D eigenvalue weighted by Crippen LogP contribution is 2.36. The third kappa shape index (κ3) is 5.84. The summed E-state index contributed by atoms with van der Waals surface area (Å²) in [5.41, 5.74) is 2.28. The molecular weight excluding hydrogens is 482 g/mol. The van der Waals surface area contributed by atoms with Gasteiger partial charge >= 0.3 is 12.0 Å². The summed E-state index contributed by atoms with van der Waals surface area (Å²) in [5.74, 6) is 1.07. The fourth-order valence-electron chi connectivity index (χ4n) is 6.02. The minimum atomic E-state index is -0.240. The van der Waals surface area contributed by atoms with Gasteiger partial charge in [0.2, 0.25) is 0 Å². The number of carbonyl (C=O) groups excluding carboxylic acids is 2. The molecule has 2 saturated heterocycles. The van der Waals surface area contributed by atoms with Gasteiger partial charge < -0.3 is 28.9 Å². The number of esters is 1. The molecule has 38 heavy (non-hydrogen) atoms. The van der Waals surface area contributed by atoms with Gasteiger partial charge in [0.05, 0.1) is 32.3 Å². The lowest BCUT2D eigenvalue weighted by molar-refractivity contribution is -0.144. The summed E-state index contributed by atoms with van der Waals surface area (Å²) in [6, 6.07) is 16.5. The fourth-order valence-corrected chi connectivity index (χ4v) is 6.02. The highest BCUT2D eigenvalue weighted by atomic mass is 16.5. The number of amides is 2. The van der Waals surface area contributed by atoms with E-state index in [9.17, 15) is 9.59 Å². The average molecular weight is 522 g/mol. The monoisotopic (exact) mass is 521 g/mol. The molecule has 0 bridgehead atoms. The number of likely N-dealkylation sites (tertiary alicyclic amines) is 1. The summed E-state index contributed by atoms with van der Waals surface area (Å²) in [6.07, 6.45) is 6.24. The van der Waals surface area contributed by atoms with E-state index in [0.717, 1.165) is 43.0 Å². The number of hydrogen-bond acceptors (Lipinski definition) is 6. The third-order valence-electron chi connectivity index (χ3n) is 8.14. The highest BCUT2D eigenvalue weighted by Gasteiger charge is 2.38. The molecule has 1 unspecified atom stereocenters. The molecule has 204 valence electrons. The quantitative estimate of drug-likeness (QED) is 0.504. The smallest absolute Gasteiger partial charge is 0.320 e. The van der Waals surface area contributed by atoms with Crippen LogP contribution in [0, 0.1) is 5.92 Å². The number of nitrogens with zero attached hydrogens (tertiary/aromatic N) is 3. The predicted molar refractivity (Wildman–Crippen MR) is 146 cm³/mol. The molecule has 2 amide bonds. The Labute approximate surface area is 225 Å². The highest BCUT2D eigenvalue weighted by molar-refractivity contribution is 5.79. The van der Waals surface area contributed by atoms with Crippen LogP contribution in [0.5, 0.6) is 11.5 Å². The van der Waals surface area contributed by atoms with E-state index in [-0.39, 0.29) is 30.1 Å². The van der Waals surface area contributed by atoms with Crippen LogP contribution in [0.15, 0.2) is 48.5 Å². The van der Waals surface area contributed by atoms with Gasteiger partial charge in [0.15, 0.2) is 11.5 Å². The predicted octanol–water partition coefficient (Wildman–Crippen LogP) is 4.36. The first kappa shape index (κ1) is 26.2. The molecule has 0 radical (unpaired) electrons. The molecule has 0 spiro atoms. The molecule has 1 aliphatic carbocycles. The van der Waals surface area contributed by atoms with Crippen LogP contribution < -0.4 is 14.4 Å². The number of carbonyl (C=O) groups is 2. The molecule has 2 heterocycles. The summed E-state index contributed by atoms with van der Waals surface area (Å²) < 4.78 is 16.9. The third-order valence-corrected chi connectivity index (χ3v) is 8.14. The van der Waals surface area contributed by atoms with Crippen molar-refractivity contribution in [3.8, 4) is 11.5 Å². The van der Waals surface area contributed by atoms with Crippen molar-refractivity contribution in [2.75, 3.05) is 51.8 Å². The van der Waals surface area contributed by atoms with Crippen LogP contribution in [0.3, 0.4) is 0 Å². The second-order valence-corrected chi connectivity index (χ2v) is 10.6. The molecule has 0 aromatic heterocycles. The minimum absolute atomic E-state index is 0.00266. The zero-order chi connectivity index (χ0) is 26.5. The SMILES string of the molecule is COC(=O)C1CCN(C(=O)N2CCN(c3ccc(OC)c(OC4CCCC4)c3)C[C@@H]2Cc2ccccc2)C1. The van der Waals surface area contributed by atoms with E-state index in [0.29, 0.717) is 32.6 Å². The lowest BCUT2D eigenvalue weighted by atomic mass is 10.0. The van der Waals surface area contributed by atoms with E-state index >= 15 is 0 Å². The maximum absolute atomic E-state index is 13.7. The van der Waals surface area contributed by atoms with Crippen LogP contribution in [-0.2, 0) is 16.0 Å². The van der Waals surface area contributed by atoms with Crippen molar-refractivity contribution in [3.63, 3.8) is 0 Å². The number of urea groups is 1. The van der Waals surface area contributed by atoms with Crippen LogP contribution in [0.1, 0.15) is 37.7 Å². The first-order valence-corrected chi connectivity index (χ1v) is 13.8. The Balaban J connectivity index is 1.34. The van der Waals surface area contributed by atoms with E-state index in [4.69, 9.17) is 14.2 Å². The number of ether oxygens (including phenoxy) is 3. The Kier molecular flexibility index (Phi) is 8.25. The normalized spacial score (nSPS) is 22.0. The summed E-state index contributed by atoms with van der Waals surface area (Å²) in [7, 11) is 3.09. The van der Waals surface area contributed by atoms with Crippen LogP contribution in [0.25, 0.3) is 0 Å². The molecular formula is C30H39N3O5. The van der Waals surface area contributed by atoms with Gasteiger partial charge in [-0.15, -0.1) is 0 Å². The van der Waals surface area contributed by atoms with Gasteiger partial charge in [0, 0.05) is 44.5 Å². The second-order valence-electron chi connectivity index (χ2n) is 10.6. The number of anilines is 1. The van der Waals surface area contributed by atoms with Crippen molar-refractivity contribution in [3.05, 3.63) is 54.1 Å². The molecule has 1 saturated carbocycles. The summed E-state index contributed by atoms with van der Waals surface area (Å²) >= 11 is 0. The molecule has 2 atom stereocenters. The molecule has 8 heteroatoms. The molecule has 8 nitrogen and oxygen atoms in total. The average Bonchev–Trinajstić information content (AvgIpc) is 3.66. The van der Waals surface area contributed by atoms with Crippen molar-refractivity contribution >= 4 is 17.7 Å². The lowest BCUT2D eigenvalue weighted by Crippen LogP contribution is -2.59. The summed E-state index contributed by atoms with van der Waals surface area (Å²) in [5, 5.41) is 0. The first-order valence-electron chi connectivity index (χ1n) is 13.8. The number of methoxy groups -OCH3 is 2. The van der Waals surface area contributed by atoms with E-state index in [1.54, 1.807) is 7.11 Å². The molecule has 3 fully saturated rings. The Bertz CT molecular complexity index is 1100.